The van der Waals surface area contributed by atoms with Crippen molar-refractivity contribution in [1.82, 2.24) is 9.97 Å². The van der Waals surface area contributed by atoms with E-state index in [-0.39, 0.29) is 6.04 Å². The smallest absolute Gasteiger partial charge is 0.229 e. The zero-order valence-corrected chi connectivity index (χ0v) is 15.8. The van der Waals surface area contributed by atoms with Gasteiger partial charge in [0.25, 0.3) is 0 Å². The lowest BCUT2D eigenvalue weighted by Gasteiger charge is -2.20. The minimum Gasteiger partial charge on any atom is -0.478 e. The molecule has 3 aliphatic rings. The number of nitrogens with zero attached hydrogens (tertiary/aromatic N) is 3. The van der Waals surface area contributed by atoms with Crippen LogP contribution < -0.4 is 16.4 Å². The van der Waals surface area contributed by atoms with Gasteiger partial charge in [-0.15, -0.1) is 0 Å². The Hall–Kier alpha value is -2.35. The maximum absolute atomic E-state index is 6.23. The molecule has 2 bridgehead atoms. The normalized spacial score (nSPS) is 22.3. The molecule has 1 aromatic heterocycles. The molecule has 8 heteroatoms. The molecule has 0 amide bonds. The molecule has 1 aromatic rings. The van der Waals surface area contributed by atoms with Gasteiger partial charge in [-0.25, -0.2) is 4.98 Å². The van der Waals surface area contributed by atoms with Crippen molar-refractivity contribution in [2.75, 3.05) is 37.0 Å². The Morgan fingerprint density at radius 2 is 2.04 bits per heavy atom. The molecule has 0 aromatic carbocycles. The molecule has 2 fully saturated rings. The first-order chi connectivity index (χ1) is 13.2. The first kappa shape index (κ1) is 18.0. The number of aliphatic imine (C=N–C) groups is 1. The Balaban J connectivity index is 1.62. The molecular formula is C19H28N6O2. The van der Waals surface area contributed by atoms with Gasteiger partial charge in [0.15, 0.2) is 0 Å². The van der Waals surface area contributed by atoms with Gasteiger partial charge in [-0.2, -0.15) is 4.98 Å². The zero-order chi connectivity index (χ0) is 18.6. The van der Waals surface area contributed by atoms with Crippen molar-refractivity contribution in [1.29, 1.82) is 0 Å². The highest BCUT2D eigenvalue weighted by atomic mass is 16.5. The van der Waals surface area contributed by atoms with E-state index in [2.05, 4.69) is 15.6 Å². The minimum absolute atomic E-state index is 0.245. The van der Waals surface area contributed by atoms with Crippen LogP contribution >= 0.6 is 0 Å². The lowest BCUT2D eigenvalue weighted by Crippen LogP contribution is -2.24. The second-order valence-electron chi connectivity index (χ2n) is 7.32. The number of allylic oxidation sites excluding steroid dienone is 1. The Kier molecular flexibility index (Phi) is 5.42. The number of nitrogens with one attached hydrogen (secondary N) is 2. The highest BCUT2D eigenvalue weighted by Crippen LogP contribution is 2.42. The van der Waals surface area contributed by atoms with E-state index in [1.165, 1.54) is 18.4 Å². The fourth-order valence-corrected chi connectivity index (χ4v) is 3.41. The monoisotopic (exact) mass is 372 g/mol. The number of anilines is 2. The second-order valence-corrected chi connectivity index (χ2v) is 7.32. The van der Waals surface area contributed by atoms with E-state index < -0.39 is 0 Å². The van der Waals surface area contributed by atoms with E-state index in [1.54, 1.807) is 0 Å². The summed E-state index contributed by atoms with van der Waals surface area (Å²) in [4.78, 5) is 14.0. The quantitative estimate of drug-likeness (QED) is 0.699. The summed E-state index contributed by atoms with van der Waals surface area (Å²) in [7, 11) is 0. The van der Waals surface area contributed by atoms with E-state index in [0.29, 0.717) is 30.1 Å². The summed E-state index contributed by atoms with van der Waals surface area (Å²) in [5, 5.41) is 6.67. The molecule has 0 atom stereocenters. The largest absolute Gasteiger partial charge is 0.478 e. The molecule has 2 aliphatic heterocycles. The molecule has 1 saturated heterocycles. The fraction of sp³-hybridized carbons (Fsp3) is 0.632. The second kappa shape index (κ2) is 8.12. The topological polar surface area (TPSA) is 107 Å². The number of fused-ring (bicyclic) bond motifs is 2. The standard InChI is InChI=1S/C19H28N6O2/c1-12(23-14-5-9-26-10-6-14)16-17(20)27-8-2-7-21-18-15(13-3-4-13)11-22-19(24-16)25-18/h11,13-14H,2-10,20H2,1H3,(H2,21,22,24,25). The van der Waals surface area contributed by atoms with Crippen LogP contribution in [0.15, 0.2) is 22.8 Å². The average molecular weight is 372 g/mol. The van der Waals surface area contributed by atoms with Crippen LogP contribution in [0.5, 0.6) is 0 Å². The van der Waals surface area contributed by atoms with Gasteiger partial charge in [0.2, 0.25) is 11.8 Å². The van der Waals surface area contributed by atoms with Gasteiger partial charge in [-0.1, -0.05) is 0 Å². The van der Waals surface area contributed by atoms with Gasteiger partial charge in [0.05, 0.1) is 18.4 Å². The summed E-state index contributed by atoms with van der Waals surface area (Å²) in [5.41, 5.74) is 8.89. The van der Waals surface area contributed by atoms with E-state index in [4.69, 9.17) is 25.2 Å². The maximum atomic E-state index is 6.23. The summed E-state index contributed by atoms with van der Waals surface area (Å²) in [5.74, 6) is 2.34. The Morgan fingerprint density at radius 1 is 1.22 bits per heavy atom. The van der Waals surface area contributed by atoms with Crippen LogP contribution in [0.2, 0.25) is 0 Å². The van der Waals surface area contributed by atoms with Crippen LogP contribution in [0.1, 0.15) is 50.5 Å². The third kappa shape index (κ3) is 4.50. The Labute approximate surface area is 159 Å². The average Bonchev–Trinajstić information content (AvgIpc) is 3.51. The zero-order valence-electron chi connectivity index (χ0n) is 15.8. The van der Waals surface area contributed by atoms with Gasteiger partial charge in [0, 0.05) is 31.5 Å². The highest BCUT2D eigenvalue weighted by molar-refractivity contribution is 6.00. The molecule has 0 unspecified atom stereocenters. The number of nitrogens with two attached hydrogens (primary N) is 1. The van der Waals surface area contributed by atoms with Crippen molar-refractivity contribution in [2.24, 2.45) is 10.7 Å². The van der Waals surface area contributed by atoms with Crippen LogP contribution in [-0.4, -0.2) is 48.1 Å². The SMILES string of the molecule is CC(=NC1CCOCC1)C1=C(N)OCCCNc2nc(ncc2C2CC2)N1. The molecule has 0 spiro atoms. The van der Waals surface area contributed by atoms with Crippen LogP contribution in [0.25, 0.3) is 0 Å². The van der Waals surface area contributed by atoms with Gasteiger partial charge in [-0.05, 0) is 44.9 Å². The van der Waals surface area contributed by atoms with Crippen molar-refractivity contribution in [3.63, 3.8) is 0 Å². The summed E-state index contributed by atoms with van der Waals surface area (Å²) >= 11 is 0. The molecule has 1 saturated carbocycles. The van der Waals surface area contributed by atoms with Crippen molar-refractivity contribution in [3.8, 4) is 0 Å². The van der Waals surface area contributed by atoms with Crippen molar-refractivity contribution >= 4 is 17.5 Å². The molecule has 1 aliphatic carbocycles. The first-order valence-corrected chi connectivity index (χ1v) is 9.83. The summed E-state index contributed by atoms with van der Waals surface area (Å²) in [6, 6.07) is 0.245. The maximum Gasteiger partial charge on any atom is 0.229 e. The molecule has 4 N–H and O–H groups in total. The molecule has 27 heavy (non-hydrogen) atoms. The molecule has 3 heterocycles. The van der Waals surface area contributed by atoms with Crippen molar-refractivity contribution in [2.45, 2.75) is 51.0 Å². The predicted octanol–water partition coefficient (Wildman–Crippen LogP) is 2.37. The first-order valence-electron chi connectivity index (χ1n) is 9.83. The van der Waals surface area contributed by atoms with E-state index >= 15 is 0 Å². The summed E-state index contributed by atoms with van der Waals surface area (Å²) < 4.78 is 11.2. The number of ether oxygens (including phenoxy) is 2. The van der Waals surface area contributed by atoms with E-state index in [1.807, 2.05) is 13.1 Å². The number of rotatable bonds is 3. The fourth-order valence-electron chi connectivity index (χ4n) is 3.41. The third-order valence-corrected chi connectivity index (χ3v) is 5.12. The Morgan fingerprint density at radius 3 is 2.81 bits per heavy atom. The van der Waals surface area contributed by atoms with Crippen molar-refractivity contribution < 1.29 is 9.47 Å². The van der Waals surface area contributed by atoms with E-state index in [0.717, 1.165) is 50.6 Å². The van der Waals surface area contributed by atoms with Gasteiger partial charge in [0.1, 0.15) is 11.5 Å². The lowest BCUT2D eigenvalue weighted by atomic mass is 10.1. The predicted molar refractivity (Wildman–Crippen MR) is 105 cm³/mol. The third-order valence-electron chi connectivity index (χ3n) is 5.12. The van der Waals surface area contributed by atoms with Gasteiger partial charge >= 0.3 is 0 Å². The number of aromatic nitrogens is 2. The van der Waals surface area contributed by atoms with Gasteiger partial charge in [-0.3, -0.25) is 4.99 Å². The minimum atomic E-state index is 0.245. The van der Waals surface area contributed by atoms with Crippen LogP contribution in [0.4, 0.5) is 11.8 Å². The van der Waals surface area contributed by atoms with Crippen LogP contribution in [0.3, 0.4) is 0 Å². The van der Waals surface area contributed by atoms with Crippen LogP contribution in [-0.2, 0) is 9.47 Å². The molecular weight excluding hydrogens is 344 g/mol. The molecule has 146 valence electrons. The number of hydrogen-bond donors (Lipinski definition) is 3. The Bertz CT molecular complexity index is 738. The highest BCUT2D eigenvalue weighted by Gasteiger charge is 2.28. The van der Waals surface area contributed by atoms with E-state index in [9.17, 15) is 0 Å². The molecule has 4 rings (SSSR count). The van der Waals surface area contributed by atoms with Gasteiger partial charge < -0.3 is 25.8 Å². The summed E-state index contributed by atoms with van der Waals surface area (Å²) in [6.07, 6.45) is 7.03. The lowest BCUT2D eigenvalue weighted by molar-refractivity contribution is 0.0871. The molecule has 0 radical (unpaired) electrons. The number of hydrogen-bond acceptors (Lipinski definition) is 8. The van der Waals surface area contributed by atoms with Crippen LogP contribution in [0, 0.1) is 0 Å². The summed E-state index contributed by atoms with van der Waals surface area (Å²) in [6.45, 7) is 4.78. The molecule has 8 nitrogen and oxygen atoms in total. The van der Waals surface area contributed by atoms with Crippen molar-refractivity contribution in [3.05, 3.63) is 23.3 Å².